The third-order valence-electron chi connectivity index (χ3n) is 11.0. The number of hydrogen-bond donors (Lipinski definition) is 1. The Morgan fingerprint density at radius 1 is 0.852 bits per heavy atom. The fraction of sp³-hybridized carbons (Fsp3) is 1.00. The van der Waals surface area contributed by atoms with E-state index in [0.29, 0.717) is 10.8 Å². The number of fused-ring (bicyclic) bond motifs is 5. The highest BCUT2D eigenvalue weighted by Gasteiger charge is 2.66. The van der Waals surface area contributed by atoms with Crippen LogP contribution in [0.4, 0.5) is 0 Å². The van der Waals surface area contributed by atoms with Gasteiger partial charge in [-0.05, 0) is 91.8 Å². The van der Waals surface area contributed by atoms with E-state index in [-0.39, 0.29) is 5.54 Å². The van der Waals surface area contributed by atoms with Crippen molar-refractivity contribution in [2.24, 2.45) is 46.2 Å². The lowest BCUT2D eigenvalue weighted by molar-refractivity contribution is -0.152. The normalized spacial score (nSPS) is 52.1. The monoisotopic (exact) mass is 373 g/mol. The van der Waals surface area contributed by atoms with Crippen LogP contribution in [-0.2, 0) is 0 Å². The van der Waals surface area contributed by atoms with Crippen LogP contribution in [0.1, 0.15) is 118 Å². The van der Waals surface area contributed by atoms with Gasteiger partial charge in [0.1, 0.15) is 0 Å². The average Bonchev–Trinajstić information content (AvgIpc) is 2.99. The quantitative estimate of drug-likeness (QED) is 0.501. The molecule has 4 aliphatic rings. The predicted octanol–water partition coefficient (Wildman–Crippen LogP) is 7.33. The molecule has 0 aromatic rings. The van der Waals surface area contributed by atoms with Crippen LogP contribution in [0.15, 0.2) is 0 Å². The first-order chi connectivity index (χ1) is 12.9. The van der Waals surface area contributed by atoms with Crippen LogP contribution in [0.3, 0.4) is 0 Å². The molecule has 27 heavy (non-hydrogen) atoms. The van der Waals surface area contributed by atoms with Crippen molar-refractivity contribution < 1.29 is 0 Å². The lowest BCUT2D eigenvalue weighted by atomic mass is 9.39. The Morgan fingerprint density at radius 3 is 2.41 bits per heavy atom. The van der Waals surface area contributed by atoms with Crippen LogP contribution < -0.4 is 5.73 Å². The Balaban J connectivity index is 1.62. The van der Waals surface area contributed by atoms with Gasteiger partial charge in [-0.15, -0.1) is 0 Å². The van der Waals surface area contributed by atoms with Crippen LogP contribution in [0.2, 0.25) is 0 Å². The summed E-state index contributed by atoms with van der Waals surface area (Å²) in [5.74, 6) is 4.55. The summed E-state index contributed by atoms with van der Waals surface area (Å²) in [5.41, 5.74) is 8.69. The van der Waals surface area contributed by atoms with Crippen molar-refractivity contribution >= 4 is 0 Å². The van der Waals surface area contributed by atoms with E-state index < -0.39 is 0 Å². The summed E-state index contributed by atoms with van der Waals surface area (Å²) in [5, 5.41) is 0. The minimum Gasteiger partial charge on any atom is -0.324 e. The van der Waals surface area contributed by atoms with Crippen molar-refractivity contribution in [3.63, 3.8) is 0 Å². The molecule has 4 fully saturated rings. The molecule has 0 aliphatic heterocycles. The van der Waals surface area contributed by atoms with Crippen molar-refractivity contribution in [2.45, 2.75) is 123 Å². The molecule has 1 heteroatoms. The van der Waals surface area contributed by atoms with Gasteiger partial charge in [-0.3, -0.25) is 0 Å². The molecule has 0 saturated heterocycles. The maximum Gasteiger partial charge on any atom is 0.0243 e. The van der Waals surface area contributed by atoms with Crippen molar-refractivity contribution in [1.82, 2.24) is 0 Å². The molecule has 0 bridgehead atoms. The SMILES string of the molecule is CCCCCC1CCC2C3C[C@H](CC)C4CCCCC4(C)[C@@]3(N)CCC12C. The van der Waals surface area contributed by atoms with Crippen LogP contribution in [-0.4, -0.2) is 5.54 Å². The van der Waals surface area contributed by atoms with Gasteiger partial charge in [0.05, 0.1) is 0 Å². The lowest BCUT2D eigenvalue weighted by Gasteiger charge is -2.68. The molecule has 8 atom stereocenters. The maximum atomic E-state index is 7.55. The molecule has 1 nitrogen and oxygen atoms in total. The van der Waals surface area contributed by atoms with E-state index in [1.54, 1.807) is 0 Å². The van der Waals surface area contributed by atoms with E-state index in [0.717, 1.165) is 29.6 Å². The molecule has 0 amide bonds. The second-order valence-corrected chi connectivity index (χ2v) is 11.7. The van der Waals surface area contributed by atoms with Crippen LogP contribution in [0, 0.1) is 40.4 Å². The molecule has 0 radical (unpaired) electrons. The summed E-state index contributed by atoms with van der Waals surface area (Å²) in [6.07, 6.45) is 20.0. The largest absolute Gasteiger partial charge is 0.324 e. The molecule has 4 saturated carbocycles. The van der Waals surface area contributed by atoms with Gasteiger partial charge in [-0.25, -0.2) is 0 Å². The molecule has 4 aliphatic carbocycles. The van der Waals surface area contributed by atoms with Gasteiger partial charge in [0.2, 0.25) is 0 Å². The van der Waals surface area contributed by atoms with E-state index in [9.17, 15) is 0 Å². The molecule has 156 valence electrons. The minimum atomic E-state index is 0.131. The van der Waals surface area contributed by atoms with E-state index in [1.165, 1.54) is 89.9 Å². The molecular formula is C26H47N. The first-order valence-corrected chi connectivity index (χ1v) is 12.7. The fourth-order valence-electron chi connectivity index (χ4n) is 9.25. The average molecular weight is 374 g/mol. The third-order valence-corrected chi connectivity index (χ3v) is 11.0. The van der Waals surface area contributed by atoms with Gasteiger partial charge in [0.15, 0.2) is 0 Å². The Kier molecular flexibility index (Phi) is 5.50. The Bertz CT molecular complexity index is 528. The fourth-order valence-corrected chi connectivity index (χ4v) is 9.25. The van der Waals surface area contributed by atoms with Crippen molar-refractivity contribution in [2.75, 3.05) is 0 Å². The zero-order valence-electron chi connectivity index (χ0n) is 18.9. The zero-order chi connectivity index (χ0) is 19.3. The summed E-state index contributed by atoms with van der Waals surface area (Å²) in [6, 6.07) is 0. The first-order valence-electron chi connectivity index (χ1n) is 12.7. The van der Waals surface area contributed by atoms with E-state index in [1.807, 2.05) is 0 Å². The molecule has 4 rings (SSSR count). The molecular weight excluding hydrogens is 326 g/mol. The van der Waals surface area contributed by atoms with Gasteiger partial charge in [0, 0.05) is 5.54 Å². The number of hydrogen-bond acceptors (Lipinski definition) is 1. The van der Waals surface area contributed by atoms with Gasteiger partial charge < -0.3 is 5.73 Å². The summed E-state index contributed by atoms with van der Waals surface area (Å²) in [4.78, 5) is 0. The molecule has 0 heterocycles. The topological polar surface area (TPSA) is 26.0 Å². The van der Waals surface area contributed by atoms with Crippen LogP contribution >= 0.6 is 0 Å². The van der Waals surface area contributed by atoms with Crippen molar-refractivity contribution in [3.05, 3.63) is 0 Å². The highest BCUT2D eigenvalue weighted by Crippen LogP contribution is 2.69. The number of unbranched alkanes of at least 4 members (excludes halogenated alkanes) is 2. The predicted molar refractivity (Wildman–Crippen MR) is 117 cm³/mol. The van der Waals surface area contributed by atoms with Crippen LogP contribution in [0.25, 0.3) is 0 Å². The molecule has 2 N–H and O–H groups in total. The smallest absolute Gasteiger partial charge is 0.0243 e. The zero-order valence-corrected chi connectivity index (χ0v) is 18.9. The van der Waals surface area contributed by atoms with Crippen molar-refractivity contribution in [3.8, 4) is 0 Å². The first kappa shape index (κ1) is 20.2. The highest BCUT2D eigenvalue weighted by atomic mass is 14.9. The number of rotatable bonds is 5. The minimum absolute atomic E-state index is 0.131. The Labute approximate surface area is 169 Å². The molecule has 0 spiro atoms. The molecule has 0 aromatic carbocycles. The van der Waals surface area contributed by atoms with Gasteiger partial charge >= 0.3 is 0 Å². The van der Waals surface area contributed by atoms with Gasteiger partial charge in [0.25, 0.3) is 0 Å². The van der Waals surface area contributed by atoms with Gasteiger partial charge in [-0.1, -0.05) is 66.2 Å². The second-order valence-electron chi connectivity index (χ2n) is 11.7. The standard InChI is InChI=1S/C26H47N/c1-5-7-8-11-20-13-14-22-23-18-19(6-2)21-12-9-10-15-25(21,4)26(23,27)17-16-24(20,22)3/h19-23H,5-18,27H2,1-4H3/t19-,20?,21?,22?,23?,24?,25?,26+/m0/s1. The highest BCUT2D eigenvalue weighted by molar-refractivity contribution is 5.19. The maximum absolute atomic E-state index is 7.55. The van der Waals surface area contributed by atoms with E-state index in [2.05, 4.69) is 27.7 Å². The van der Waals surface area contributed by atoms with E-state index >= 15 is 0 Å². The summed E-state index contributed by atoms with van der Waals surface area (Å²) >= 11 is 0. The molecule has 0 aromatic heterocycles. The summed E-state index contributed by atoms with van der Waals surface area (Å²) in [6.45, 7) is 10.1. The van der Waals surface area contributed by atoms with Crippen LogP contribution in [0.5, 0.6) is 0 Å². The summed E-state index contributed by atoms with van der Waals surface area (Å²) in [7, 11) is 0. The van der Waals surface area contributed by atoms with E-state index in [4.69, 9.17) is 5.73 Å². The van der Waals surface area contributed by atoms with Gasteiger partial charge in [-0.2, -0.15) is 0 Å². The number of nitrogens with two attached hydrogens (primary N) is 1. The van der Waals surface area contributed by atoms with Crippen molar-refractivity contribution in [1.29, 1.82) is 0 Å². The lowest BCUT2D eigenvalue weighted by Crippen LogP contribution is -2.71. The second kappa shape index (κ2) is 7.33. The Hall–Kier alpha value is -0.0400. The molecule has 6 unspecified atom stereocenters. The summed E-state index contributed by atoms with van der Waals surface area (Å²) < 4.78 is 0. The third kappa shape index (κ3) is 2.88. The Morgan fingerprint density at radius 2 is 1.67 bits per heavy atom.